The zero-order chi connectivity index (χ0) is 19.4. The van der Waals surface area contributed by atoms with Crippen LogP contribution in [0.25, 0.3) is 0 Å². The van der Waals surface area contributed by atoms with Crippen molar-refractivity contribution in [1.82, 2.24) is 4.98 Å². The number of ether oxygens (including phenoxy) is 1. The van der Waals surface area contributed by atoms with Crippen molar-refractivity contribution in [3.8, 4) is 11.6 Å². The minimum Gasteiger partial charge on any atom is -0.478 e. The number of halogens is 1. The van der Waals surface area contributed by atoms with Crippen LogP contribution in [0, 0.1) is 0 Å². The number of carboxylic acids is 1. The van der Waals surface area contributed by atoms with Crippen LogP contribution in [0.2, 0.25) is 5.02 Å². The zero-order valence-electron chi connectivity index (χ0n) is 13.7. The Morgan fingerprint density at radius 2 is 1.67 bits per heavy atom. The van der Waals surface area contributed by atoms with Crippen molar-refractivity contribution >= 4 is 33.3 Å². The van der Waals surface area contributed by atoms with E-state index < -0.39 is 16.0 Å². The molecule has 0 aliphatic carbocycles. The quantitative estimate of drug-likeness (QED) is 0.642. The third kappa shape index (κ3) is 4.75. The van der Waals surface area contributed by atoms with Gasteiger partial charge in [0.05, 0.1) is 15.5 Å². The standard InChI is InChI=1S/C18H13ClN2O5S/c19-13-3-10-17(20-11-13)26-15-6-4-14(5-7-15)21-27(24,25)16-8-1-12(2-9-16)18(22)23/h1-11,21H,(H,22,23). The number of nitrogens with zero attached hydrogens (tertiary/aromatic N) is 1. The number of pyridine rings is 1. The highest BCUT2D eigenvalue weighted by Crippen LogP contribution is 2.24. The zero-order valence-corrected chi connectivity index (χ0v) is 15.2. The number of aromatic nitrogens is 1. The van der Waals surface area contributed by atoms with Crippen molar-refractivity contribution in [1.29, 1.82) is 0 Å². The van der Waals surface area contributed by atoms with Gasteiger partial charge in [0, 0.05) is 18.0 Å². The molecule has 0 spiro atoms. The number of carboxylic acid groups (broad SMARTS) is 1. The van der Waals surface area contributed by atoms with E-state index in [4.69, 9.17) is 21.4 Å². The minimum absolute atomic E-state index is 0.00580. The number of nitrogens with one attached hydrogen (secondary N) is 1. The molecule has 0 amide bonds. The van der Waals surface area contributed by atoms with Gasteiger partial charge in [-0.05, 0) is 54.6 Å². The third-order valence-electron chi connectivity index (χ3n) is 3.44. The minimum atomic E-state index is -3.84. The van der Waals surface area contributed by atoms with E-state index in [1.165, 1.54) is 42.6 Å². The molecule has 9 heteroatoms. The summed E-state index contributed by atoms with van der Waals surface area (Å²) in [6.45, 7) is 0. The number of anilines is 1. The lowest BCUT2D eigenvalue weighted by Crippen LogP contribution is -2.13. The molecule has 2 N–H and O–H groups in total. The van der Waals surface area contributed by atoms with Gasteiger partial charge in [0.25, 0.3) is 10.0 Å². The van der Waals surface area contributed by atoms with Gasteiger partial charge in [-0.3, -0.25) is 4.72 Å². The highest BCUT2D eigenvalue weighted by atomic mass is 35.5. The van der Waals surface area contributed by atoms with Gasteiger partial charge in [0.15, 0.2) is 0 Å². The lowest BCUT2D eigenvalue weighted by Gasteiger charge is -2.09. The van der Waals surface area contributed by atoms with E-state index in [2.05, 4.69) is 9.71 Å². The molecule has 0 saturated carbocycles. The van der Waals surface area contributed by atoms with E-state index in [1.54, 1.807) is 24.3 Å². The Hall–Kier alpha value is -3.10. The number of benzene rings is 2. The van der Waals surface area contributed by atoms with Crippen LogP contribution in [0.5, 0.6) is 11.6 Å². The normalized spacial score (nSPS) is 11.0. The number of hydrogen-bond acceptors (Lipinski definition) is 5. The van der Waals surface area contributed by atoms with E-state index in [9.17, 15) is 13.2 Å². The Bertz CT molecular complexity index is 1050. The molecular weight excluding hydrogens is 392 g/mol. The van der Waals surface area contributed by atoms with Crippen molar-refractivity contribution in [2.24, 2.45) is 0 Å². The Morgan fingerprint density at radius 1 is 1.00 bits per heavy atom. The first-order chi connectivity index (χ1) is 12.8. The molecule has 0 bridgehead atoms. The van der Waals surface area contributed by atoms with Crippen LogP contribution in [-0.2, 0) is 10.0 Å². The maximum Gasteiger partial charge on any atom is 0.335 e. The van der Waals surface area contributed by atoms with Gasteiger partial charge < -0.3 is 9.84 Å². The van der Waals surface area contributed by atoms with Gasteiger partial charge in [-0.2, -0.15) is 0 Å². The monoisotopic (exact) mass is 404 g/mol. The van der Waals surface area contributed by atoms with Crippen molar-refractivity contribution in [3.63, 3.8) is 0 Å². The Kier molecular flexibility index (Phi) is 5.29. The maximum absolute atomic E-state index is 12.4. The van der Waals surface area contributed by atoms with Gasteiger partial charge in [0.2, 0.25) is 5.88 Å². The highest BCUT2D eigenvalue weighted by Gasteiger charge is 2.15. The molecule has 3 rings (SSSR count). The van der Waals surface area contributed by atoms with Crippen molar-refractivity contribution < 1.29 is 23.1 Å². The second-order valence-corrected chi connectivity index (χ2v) is 7.49. The molecule has 0 aliphatic heterocycles. The fraction of sp³-hybridized carbons (Fsp3) is 0. The highest BCUT2D eigenvalue weighted by molar-refractivity contribution is 7.92. The molecule has 0 aliphatic rings. The van der Waals surface area contributed by atoms with Crippen molar-refractivity contribution in [2.75, 3.05) is 4.72 Å². The first-order valence-electron chi connectivity index (χ1n) is 7.59. The molecule has 3 aromatic rings. The smallest absolute Gasteiger partial charge is 0.335 e. The summed E-state index contributed by atoms with van der Waals surface area (Å²) in [6, 6.07) is 14.4. The summed E-state index contributed by atoms with van der Waals surface area (Å²) in [5.74, 6) is -0.303. The molecule has 0 fully saturated rings. The lowest BCUT2D eigenvalue weighted by atomic mass is 10.2. The average Bonchev–Trinajstić information content (AvgIpc) is 2.65. The van der Waals surface area contributed by atoms with Crippen LogP contribution in [0.4, 0.5) is 5.69 Å². The summed E-state index contributed by atoms with van der Waals surface area (Å²) in [7, 11) is -3.84. The summed E-state index contributed by atoms with van der Waals surface area (Å²) < 4.78 is 32.7. The van der Waals surface area contributed by atoms with Crippen molar-refractivity contribution in [3.05, 3.63) is 77.4 Å². The molecular formula is C18H13ClN2O5S. The van der Waals surface area contributed by atoms with Crippen LogP contribution in [0.1, 0.15) is 10.4 Å². The Morgan fingerprint density at radius 3 is 2.22 bits per heavy atom. The predicted molar refractivity (Wildman–Crippen MR) is 100.0 cm³/mol. The fourth-order valence-electron chi connectivity index (χ4n) is 2.13. The molecule has 0 radical (unpaired) electrons. The molecule has 0 unspecified atom stereocenters. The summed E-state index contributed by atoms with van der Waals surface area (Å²) in [5.41, 5.74) is 0.333. The first-order valence-corrected chi connectivity index (χ1v) is 9.45. The molecule has 2 aromatic carbocycles. The van der Waals surface area contributed by atoms with E-state index in [0.29, 0.717) is 22.3 Å². The number of sulfonamides is 1. The molecule has 7 nitrogen and oxygen atoms in total. The number of aromatic carboxylic acids is 1. The van der Waals surface area contributed by atoms with E-state index in [0.717, 1.165) is 0 Å². The van der Waals surface area contributed by atoms with Gasteiger partial charge in [-0.15, -0.1) is 0 Å². The van der Waals surface area contributed by atoms with E-state index >= 15 is 0 Å². The number of carbonyl (C=O) groups is 1. The first kappa shape index (κ1) is 18.7. The predicted octanol–water partition coefficient (Wildman–Crippen LogP) is 4.03. The number of rotatable bonds is 6. The maximum atomic E-state index is 12.4. The molecule has 1 heterocycles. The second-order valence-electron chi connectivity index (χ2n) is 5.38. The van der Waals surface area contributed by atoms with Crippen molar-refractivity contribution in [2.45, 2.75) is 4.90 Å². The summed E-state index contributed by atoms with van der Waals surface area (Å²) in [6.07, 6.45) is 1.45. The lowest BCUT2D eigenvalue weighted by molar-refractivity contribution is 0.0696. The van der Waals surface area contributed by atoms with Crippen LogP contribution < -0.4 is 9.46 Å². The SMILES string of the molecule is O=C(O)c1ccc(S(=O)(=O)Nc2ccc(Oc3ccc(Cl)cn3)cc2)cc1. The Labute approximate surface area is 160 Å². The number of hydrogen-bond donors (Lipinski definition) is 2. The molecule has 0 saturated heterocycles. The molecule has 1 aromatic heterocycles. The summed E-state index contributed by atoms with van der Waals surface area (Å²) in [5, 5.41) is 9.36. The van der Waals surface area contributed by atoms with Crippen LogP contribution in [0.3, 0.4) is 0 Å². The van der Waals surface area contributed by atoms with E-state index in [-0.39, 0.29) is 10.5 Å². The Balaban J connectivity index is 1.71. The average molecular weight is 405 g/mol. The summed E-state index contributed by atoms with van der Waals surface area (Å²) in [4.78, 5) is 14.8. The van der Waals surface area contributed by atoms with Gasteiger partial charge in [0.1, 0.15) is 5.75 Å². The van der Waals surface area contributed by atoms with Crippen LogP contribution in [-0.4, -0.2) is 24.5 Å². The third-order valence-corrected chi connectivity index (χ3v) is 5.06. The topological polar surface area (TPSA) is 106 Å². The van der Waals surface area contributed by atoms with Crippen LogP contribution >= 0.6 is 11.6 Å². The fourth-order valence-corrected chi connectivity index (χ4v) is 3.30. The van der Waals surface area contributed by atoms with Gasteiger partial charge in [-0.25, -0.2) is 18.2 Å². The summed E-state index contributed by atoms with van der Waals surface area (Å²) >= 11 is 5.76. The molecule has 27 heavy (non-hydrogen) atoms. The van der Waals surface area contributed by atoms with Gasteiger partial charge in [-0.1, -0.05) is 11.6 Å². The molecule has 0 atom stereocenters. The van der Waals surface area contributed by atoms with Gasteiger partial charge >= 0.3 is 5.97 Å². The molecule has 138 valence electrons. The van der Waals surface area contributed by atoms with E-state index in [1.807, 2.05) is 0 Å². The largest absolute Gasteiger partial charge is 0.478 e. The van der Waals surface area contributed by atoms with Crippen LogP contribution in [0.15, 0.2) is 71.8 Å². The second kappa shape index (κ2) is 7.65.